The van der Waals surface area contributed by atoms with Gasteiger partial charge in [-0.25, -0.2) is 0 Å². The van der Waals surface area contributed by atoms with Crippen LogP contribution < -0.4 is 0 Å². The maximum Gasteiger partial charge on any atom is 0.269 e. The van der Waals surface area contributed by atoms with Gasteiger partial charge in [0, 0.05) is 29.3 Å². The van der Waals surface area contributed by atoms with Crippen molar-refractivity contribution in [2.75, 3.05) is 0 Å². The topological polar surface area (TPSA) is 71.8 Å². The molecular weight excluding hydrogens is 278 g/mol. The fourth-order valence-electron chi connectivity index (χ4n) is 2.74. The third-order valence-electron chi connectivity index (χ3n) is 3.78. The van der Waals surface area contributed by atoms with Gasteiger partial charge in [0.15, 0.2) is 0 Å². The summed E-state index contributed by atoms with van der Waals surface area (Å²) in [6.45, 7) is 0. The standard InChI is InChI=1S/C17H11N3O2/c21-20(22)12-8-6-11(7-9-12)13-3-1-4-14-16(13)19-15-5-2-10-18-17(14)15/h1-10,19H. The molecule has 0 aliphatic carbocycles. The van der Waals surface area contributed by atoms with Crippen LogP contribution in [0.4, 0.5) is 5.69 Å². The fourth-order valence-corrected chi connectivity index (χ4v) is 2.74. The van der Waals surface area contributed by atoms with Crippen LogP contribution in [0.3, 0.4) is 0 Å². The highest BCUT2D eigenvalue weighted by Gasteiger charge is 2.11. The van der Waals surface area contributed by atoms with Crippen molar-refractivity contribution in [3.05, 3.63) is 70.9 Å². The molecule has 2 aromatic heterocycles. The Hall–Kier alpha value is -3.21. The molecule has 5 heteroatoms. The van der Waals surface area contributed by atoms with Crippen LogP contribution in [0.25, 0.3) is 33.1 Å². The first-order valence-corrected chi connectivity index (χ1v) is 6.84. The second-order valence-electron chi connectivity index (χ2n) is 5.06. The van der Waals surface area contributed by atoms with Gasteiger partial charge in [-0.15, -0.1) is 0 Å². The maximum absolute atomic E-state index is 10.8. The number of aromatic nitrogens is 2. The molecule has 0 bridgehead atoms. The molecule has 0 fully saturated rings. The molecule has 0 saturated carbocycles. The Bertz CT molecular complexity index is 1000. The summed E-state index contributed by atoms with van der Waals surface area (Å²) in [5.74, 6) is 0. The largest absolute Gasteiger partial charge is 0.353 e. The molecule has 0 atom stereocenters. The number of nitro benzene ring substituents is 1. The minimum absolute atomic E-state index is 0.0919. The van der Waals surface area contributed by atoms with E-state index in [4.69, 9.17) is 0 Å². The molecule has 0 amide bonds. The Morgan fingerprint density at radius 2 is 1.82 bits per heavy atom. The summed E-state index contributed by atoms with van der Waals surface area (Å²) >= 11 is 0. The Morgan fingerprint density at radius 3 is 2.59 bits per heavy atom. The number of non-ortho nitro benzene ring substituents is 1. The highest BCUT2D eigenvalue weighted by Crippen LogP contribution is 2.32. The van der Waals surface area contributed by atoms with Crippen molar-refractivity contribution < 1.29 is 4.92 Å². The molecule has 0 aliphatic heterocycles. The quantitative estimate of drug-likeness (QED) is 0.442. The first-order chi connectivity index (χ1) is 10.7. The molecule has 0 aliphatic rings. The van der Waals surface area contributed by atoms with Crippen molar-refractivity contribution in [2.24, 2.45) is 0 Å². The van der Waals surface area contributed by atoms with Gasteiger partial charge in [-0.1, -0.05) is 18.2 Å². The molecule has 2 heterocycles. The molecule has 0 spiro atoms. The third kappa shape index (κ3) is 1.83. The van der Waals surface area contributed by atoms with E-state index in [2.05, 4.69) is 9.97 Å². The summed E-state index contributed by atoms with van der Waals surface area (Å²) in [7, 11) is 0. The maximum atomic E-state index is 10.8. The van der Waals surface area contributed by atoms with E-state index in [0.717, 1.165) is 33.1 Å². The van der Waals surface area contributed by atoms with Gasteiger partial charge in [-0.3, -0.25) is 15.1 Å². The van der Waals surface area contributed by atoms with Crippen molar-refractivity contribution in [3.8, 4) is 11.1 Å². The van der Waals surface area contributed by atoms with E-state index in [0.29, 0.717) is 0 Å². The molecule has 2 aromatic carbocycles. The lowest BCUT2D eigenvalue weighted by molar-refractivity contribution is -0.384. The molecule has 0 saturated heterocycles. The fraction of sp³-hybridized carbons (Fsp3) is 0. The van der Waals surface area contributed by atoms with E-state index in [1.54, 1.807) is 18.3 Å². The number of aromatic amines is 1. The summed E-state index contributed by atoms with van der Waals surface area (Å²) in [5.41, 5.74) is 4.93. The van der Waals surface area contributed by atoms with Crippen LogP contribution in [0.5, 0.6) is 0 Å². The number of fused-ring (bicyclic) bond motifs is 3. The van der Waals surface area contributed by atoms with Crippen molar-refractivity contribution in [1.82, 2.24) is 9.97 Å². The summed E-state index contributed by atoms with van der Waals surface area (Å²) in [4.78, 5) is 18.2. The molecule has 0 radical (unpaired) electrons. The van der Waals surface area contributed by atoms with Crippen molar-refractivity contribution >= 4 is 27.6 Å². The SMILES string of the molecule is O=[N+]([O-])c1ccc(-c2cccc3c2[nH]c2cccnc23)cc1. The normalized spacial score (nSPS) is 11.1. The molecular formula is C17H11N3O2. The Morgan fingerprint density at radius 1 is 1.00 bits per heavy atom. The molecule has 22 heavy (non-hydrogen) atoms. The monoisotopic (exact) mass is 289 g/mol. The van der Waals surface area contributed by atoms with E-state index in [-0.39, 0.29) is 5.69 Å². The summed E-state index contributed by atoms with van der Waals surface area (Å²) in [5, 5.41) is 11.8. The highest BCUT2D eigenvalue weighted by molar-refractivity contribution is 6.09. The van der Waals surface area contributed by atoms with E-state index >= 15 is 0 Å². The number of pyridine rings is 1. The van der Waals surface area contributed by atoms with Gasteiger partial charge in [-0.2, -0.15) is 0 Å². The van der Waals surface area contributed by atoms with Gasteiger partial charge in [0.05, 0.1) is 21.5 Å². The van der Waals surface area contributed by atoms with Crippen molar-refractivity contribution in [2.45, 2.75) is 0 Å². The molecule has 4 aromatic rings. The average molecular weight is 289 g/mol. The van der Waals surface area contributed by atoms with Crippen LogP contribution in [-0.2, 0) is 0 Å². The zero-order valence-corrected chi connectivity index (χ0v) is 11.5. The number of rotatable bonds is 2. The summed E-state index contributed by atoms with van der Waals surface area (Å²) in [6, 6.07) is 16.5. The highest BCUT2D eigenvalue weighted by atomic mass is 16.6. The average Bonchev–Trinajstić information content (AvgIpc) is 2.93. The number of hydrogen-bond acceptors (Lipinski definition) is 3. The number of nitrogens with zero attached hydrogens (tertiary/aromatic N) is 2. The minimum Gasteiger partial charge on any atom is -0.353 e. The third-order valence-corrected chi connectivity index (χ3v) is 3.78. The number of hydrogen-bond donors (Lipinski definition) is 1. The first kappa shape index (κ1) is 12.5. The molecule has 4 rings (SSSR count). The smallest absolute Gasteiger partial charge is 0.269 e. The number of H-pyrrole nitrogens is 1. The number of nitro groups is 1. The second kappa shape index (κ2) is 4.66. The Balaban J connectivity index is 1.96. The van der Waals surface area contributed by atoms with Gasteiger partial charge in [-0.05, 0) is 29.8 Å². The number of benzene rings is 2. The predicted molar refractivity (Wildman–Crippen MR) is 85.7 cm³/mol. The van der Waals surface area contributed by atoms with Crippen LogP contribution in [0.15, 0.2) is 60.8 Å². The van der Waals surface area contributed by atoms with Gasteiger partial charge in [0.25, 0.3) is 5.69 Å². The predicted octanol–water partition coefficient (Wildman–Crippen LogP) is 4.29. The van der Waals surface area contributed by atoms with Gasteiger partial charge < -0.3 is 4.98 Å². The molecule has 106 valence electrons. The minimum atomic E-state index is -0.392. The van der Waals surface area contributed by atoms with Gasteiger partial charge in [0.2, 0.25) is 0 Å². The van der Waals surface area contributed by atoms with Gasteiger partial charge in [0.1, 0.15) is 0 Å². The number of nitrogens with one attached hydrogen (secondary N) is 1. The van der Waals surface area contributed by atoms with E-state index in [1.165, 1.54) is 12.1 Å². The molecule has 1 N–H and O–H groups in total. The van der Waals surface area contributed by atoms with Crippen LogP contribution in [0, 0.1) is 10.1 Å². The van der Waals surface area contributed by atoms with E-state index < -0.39 is 4.92 Å². The second-order valence-corrected chi connectivity index (χ2v) is 5.06. The number of para-hydroxylation sites is 1. The lowest BCUT2D eigenvalue weighted by Crippen LogP contribution is -1.87. The molecule has 5 nitrogen and oxygen atoms in total. The molecule has 0 unspecified atom stereocenters. The zero-order valence-electron chi connectivity index (χ0n) is 11.5. The summed E-state index contributed by atoms with van der Waals surface area (Å²) in [6.07, 6.45) is 1.77. The van der Waals surface area contributed by atoms with Crippen LogP contribution in [0.2, 0.25) is 0 Å². The van der Waals surface area contributed by atoms with Crippen LogP contribution in [0.1, 0.15) is 0 Å². The lowest BCUT2D eigenvalue weighted by atomic mass is 10.0. The first-order valence-electron chi connectivity index (χ1n) is 6.84. The van der Waals surface area contributed by atoms with Crippen molar-refractivity contribution in [1.29, 1.82) is 0 Å². The van der Waals surface area contributed by atoms with E-state index in [9.17, 15) is 10.1 Å². The Kier molecular flexibility index (Phi) is 2.66. The van der Waals surface area contributed by atoms with Crippen LogP contribution >= 0.6 is 0 Å². The summed E-state index contributed by atoms with van der Waals surface area (Å²) < 4.78 is 0. The lowest BCUT2D eigenvalue weighted by Gasteiger charge is -2.03. The van der Waals surface area contributed by atoms with Gasteiger partial charge >= 0.3 is 0 Å². The van der Waals surface area contributed by atoms with Crippen molar-refractivity contribution in [3.63, 3.8) is 0 Å². The Labute approximate surface area is 125 Å². The van der Waals surface area contributed by atoms with Crippen LogP contribution in [-0.4, -0.2) is 14.9 Å². The van der Waals surface area contributed by atoms with E-state index in [1.807, 2.05) is 30.3 Å². The zero-order chi connectivity index (χ0) is 15.1.